The molecule has 1 aliphatic rings. The van der Waals surface area contributed by atoms with Crippen LogP contribution in [-0.2, 0) is 10.0 Å². The number of rotatable bonds is 8. The number of urea groups is 1. The van der Waals surface area contributed by atoms with Crippen molar-refractivity contribution in [1.82, 2.24) is 15.0 Å². The summed E-state index contributed by atoms with van der Waals surface area (Å²) in [5.74, 6) is -0.634. The number of benzene rings is 2. The van der Waals surface area contributed by atoms with E-state index in [1.54, 1.807) is 27.8 Å². The Morgan fingerprint density at radius 2 is 1.93 bits per heavy atom. The van der Waals surface area contributed by atoms with Crippen LogP contribution in [0, 0.1) is 25.6 Å². The molecule has 0 spiro atoms. The Labute approximate surface area is 243 Å². The number of anilines is 2. The zero-order valence-corrected chi connectivity index (χ0v) is 24.7. The van der Waals surface area contributed by atoms with Gasteiger partial charge in [-0.1, -0.05) is 12.1 Å². The highest BCUT2D eigenvalue weighted by Crippen LogP contribution is 2.31. The average Bonchev–Trinajstić information content (AvgIpc) is 3.26. The van der Waals surface area contributed by atoms with Crippen molar-refractivity contribution >= 4 is 33.3 Å². The number of likely N-dealkylation sites (N-methyl/N-ethyl adjacent to an activating group) is 1. The van der Waals surface area contributed by atoms with Crippen molar-refractivity contribution < 1.29 is 36.8 Å². The lowest BCUT2D eigenvalue weighted by Gasteiger charge is -2.38. The summed E-state index contributed by atoms with van der Waals surface area (Å²) in [5.41, 5.74) is 1.19. The van der Waals surface area contributed by atoms with E-state index < -0.39 is 39.9 Å². The number of aromatic nitrogens is 1. The number of aryl methyl sites for hydroxylation is 2. The normalized spacial score (nSPS) is 17.9. The highest BCUT2D eigenvalue weighted by atomic mass is 32.2. The molecule has 14 heteroatoms. The van der Waals surface area contributed by atoms with Gasteiger partial charge in [-0.2, -0.15) is 0 Å². The molecular weight excluding hydrogens is 569 g/mol. The number of carbonyl (C=O) groups is 2. The molecule has 0 fully saturated rings. The minimum atomic E-state index is -4.08. The molecule has 3 amide bonds. The molecule has 0 radical (unpaired) electrons. The average molecular weight is 604 g/mol. The summed E-state index contributed by atoms with van der Waals surface area (Å²) in [4.78, 5) is 29.4. The molecule has 0 bridgehead atoms. The van der Waals surface area contributed by atoms with Crippen LogP contribution in [0.5, 0.6) is 5.75 Å². The van der Waals surface area contributed by atoms with Gasteiger partial charge in [0.25, 0.3) is 15.9 Å². The van der Waals surface area contributed by atoms with E-state index in [4.69, 9.17) is 9.26 Å². The van der Waals surface area contributed by atoms with E-state index in [1.807, 2.05) is 6.92 Å². The number of sulfonamides is 1. The van der Waals surface area contributed by atoms with Crippen molar-refractivity contribution in [2.45, 2.75) is 44.7 Å². The summed E-state index contributed by atoms with van der Waals surface area (Å²) in [7, 11) is -2.48. The molecule has 3 N–H and O–H groups in total. The number of nitrogens with one attached hydrogen (secondary N) is 2. The zero-order chi connectivity index (χ0) is 30.8. The molecule has 1 aliphatic heterocycles. The molecule has 0 saturated heterocycles. The number of hydrogen-bond acceptors (Lipinski definition) is 8. The second-order valence-electron chi connectivity index (χ2n) is 10.4. The van der Waals surface area contributed by atoms with Gasteiger partial charge in [0.2, 0.25) is 0 Å². The SMILES string of the molecule is Cc1noc(C)c1NC(=O)N(C)C[C@H]1Oc2ccc(NS(=O)(=O)c3ccc(F)cc3)cc2C(=O)N([C@H](C)CO)C[C@@H]1C. The Kier molecular flexibility index (Phi) is 9.06. The lowest BCUT2D eigenvalue weighted by atomic mass is 9.99. The predicted octanol–water partition coefficient (Wildman–Crippen LogP) is 3.62. The fourth-order valence-electron chi connectivity index (χ4n) is 4.55. The fourth-order valence-corrected chi connectivity index (χ4v) is 5.60. The molecule has 0 unspecified atom stereocenters. The van der Waals surface area contributed by atoms with Gasteiger partial charge in [-0.05, 0) is 63.2 Å². The van der Waals surface area contributed by atoms with Crippen molar-refractivity contribution in [3.63, 3.8) is 0 Å². The van der Waals surface area contributed by atoms with E-state index in [1.165, 1.54) is 28.0 Å². The topological polar surface area (TPSA) is 154 Å². The van der Waals surface area contributed by atoms with Gasteiger partial charge in [-0.3, -0.25) is 9.52 Å². The number of ether oxygens (including phenoxy) is 1. The number of hydrogen-bond donors (Lipinski definition) is 3. The highest BCUT2D eigenvalue weighted by molar-refractivity contribution is 7.92. The third-order valence-electron chi connectivity index (χ3n) is 7.11. The van der Waals surface area contributed by atoms with Gasteiger partial charge in [0.1, 0.15) is 29.1 Å². The first-order valence-corrected chi connectivity index (χ1v) is 14.7. The van der Waals surface area contributed by atoms with Crippen molar-refractivity contribution in [3.05, 3.63) is 65.3 Å². The second-order valence-corrected chi connectivity index (χ2v) is 12.1. The van der Waals surface area contributed by atoms with Crippen LogP contribution in [0.25, 0.3) is 0 Å². The van der Waals surface area contributed by atoms with Crippen molar-refractivity contribution in [1.29, 1.82) is 0 Å². The molecule has 2 aromatic carbocycles. The number of nitrogens with zero attached hydrogens (tertiary/aromatic N) is 3. The number of aliphatic hydroxyl groups is 1. The van der Waals surface area contributed by atoms with E-state index in [2.05, 4.69) is 15.2 Å². The van der Waals surface area contributed by atoms with E-state index in [0.29, 0.717) is 17.1 Å². The molecule has 12 nitrogen and oxygen atoms in total. The van der Waals surface area contributed by atoms with Crippen LogP contribution < -0.4 is 14.8 Å². The number of carbonyl (C=O) groups excluding carboxylic acids is 2. The first kappa shape index (κ1) is 30.8. The Morgan fingerprint density at radius 1 is 1.24 bits per heavy atom. The largest absolute Gasteiger partial charge is 0.487 e. The van der Waals surface area contributed by atoms with E-state index >= 15 is 0 Å². The summed E-state index contributed by atoms with van der Waals surface area (Å²) >= 11 is 0. The summed E-state index contributed by atoms with van der Waals surface area (Å²) in [6, 6.07) is 7.66. The Balaban J connectivity index is 1.62. The molecule has 0 saturated carbocycles. The third-order valence-corrected chi connectivity index (χ3v) is 8.50. The molecular formula is C28H34FN5O7S. The lowest BCUT2D eigenvalue weighted by Crippen LogP contribution is -2.50. The Morgan fingerprint density at radius 3 is 2.55 bits per heavy atom. The molecule has 2 heterocycles. The van der Waals surface area contributed by atoms with Gasteiger partial charge >= 0.3 is 6.03 Å². The second kappa shape index (κ2) is 12.4. The standard InChI is InChI=1S/C28H34FN5O7S/c1-16-13-34(17(2)15-35)27(36)23-12-21(32-42(38,39)22-9-6-20(29)7-10-22)8-11-24(23)40-25(16)14-33(5)28(37)30-26-18(3)31-41-19(26)4/h6-12,16-17,25,32,35H,13-15H2,1-5H3,(H,30,37)/t16-,17+,25+/m0/s1. The molecule has 0 aliphatic carbocycles. The van der Waals surface area contributed by atoms with Crippen molar-refractivity contribution in [3.8, 4) is 5.75 Å². The molecule has 42 heavy (non-hydrogen) atoms. The van der Waals surface area contributed by atoms with Gasteiger partial charge in [0.05, 0.1) is 29.7 Å². The first-order chi connectivity index (χ1) is 19.8. The van der Waals surface area contributed by atoms with Crippen molar-refractivity contribution in [2.75, 3.05) is 36.8 Å². The zero-order valence-electron chi connectivity index (χ0n) is 23.9. The van der Waals surface area contributed by atoms with Crippen LogP contribution in [0.2, 0.25) is 0 Å². The predicted molar refractivity (Wildman–Crippen MR) is 152 cm³/mol. The van der Waals surface area contributed by atoms with Gasteiger partial charge in [-0.25, -0.2) is 17.6 Å². The highest BCUT2D eigenvalue weighted by Gasteiger charge is 2.34. The maximum atomic E-state index is 13.7. The number of fused-ring (bicyclic) bond motifs is 1. The molecule has 226 valence electrons. The van der Waals surface area contributed by atoms with Gasteiger partial charge in [0.15, 0.2) is 5.76 Å². The monoisotopic (exact) mass is 603 g/mol. The number of amides is 3. The first-order valence-electron chi connectivity index (χ1n) is 13.3. The fraction of sp³-hybridized carbons (Fsp3) is 0.393. The molecule has 1 aromatic heterocycles. The smallest absolute Gasteiger partial charge is 0.321 e. The number of aliphatic hydroxyl groups excluding tert-OH is 1. The summed E-state index contributed by atoms with van der Waals surface area (Å²) in [5, 5.41) is 16.5. The maximum Gasteiger partial charge on any atom is 0.321 e. The van der Waals surface area contributed by atoms with E-state index in [-0.39, 0.29) is 47.5 Å². The van der Waals surface area contributed by atoms with E-state index in [0.717, 1.165) is 24.3 Å². The van der Waals surface area contributed by atoms with Crippen LogP contribution in [0.3, 0.4) is 0 Å². The minimum Gasteiger partial charge on any atom is -0.487 e. The van der Waals surface area contributed by atoms with Gasteiger partial charge < -0.3 is 29.5 Å². The van der Waals surface area contributed by atoms with Crippen LogP contribution in [0.15, 0.2) is 51.9 Å². The minimum absolute atomic E-state index is 0.0781. The molecule has 3 aromatic rings. The summed E-state index contributed by atoms with van der Waals surface area (Å²) < 4.78 is 52.9. The van der Waals surface area contributed by atoms with E-state index in [9.17, 15) is 27.5 Å². The van der Waals surface area contributed by atoms with Crippen LogP contribution in [-0.4, -0.2) is 79.3 Å². The van der Waals surface area contributed by atoms with Gasteiger partial charge in [0, 0.05) is 25.2 Å². The molecule has 4 rings (SSSR count). The lowest BCUT2D eigenvalue weighted by molar-refractivity contribution is 0.0371. The van der Waals surface area contributed by atoms with Crippen LogP contribution in [0.4, 0.5) is 20.6 Å². The quantitative estimate of drug-likeness (QED) is 0.353. The maximum absolute atomic E-state index is 13.7. The number of halogens is 1. The van der Waals surface area contributed by atoms with Crippen LogP contribution >= 0.6 is 0 Å². The summed E-state index contributed by atoms with van der Waals surface area (Å²) in [6.07, 6.45) is -0.576. The summed E-state index contributed by atoms with van der Waals surface area (Å²) in [6.45, 7) is 7.03. The van der Waals surface area contributed by atoms with Crippen LogP contribution in [0.1, 0.15) is 35.7 Å². The molecule has 3 atom stereocenters. The third kappa shape index (κ3) is 6.65. The van der Waals surface area contributed by atoms with Crippen molar-refractivity contribution in [2.24, 2.45) is 5.92 Å². The Hall–Kier alpha value is -4.17. The van der Waals surface area contributed by atoms with Gasteiger partial charge in [-0.15, -0.1) is 0 Å². The Bertz CT molecular complexity index is 1540.